The highest BCUT2D eigenvalue weighted by molar-refractivity contribution is 7.89. The number of hydrogen-bond donors (Lipinski definition) is 3. The minimum atomic E-state index is -5.08. The van der Waals surface area contributed by atoms with Crippen LogP contribution in [0.25, 0.3) is 0 Å². The van der Waals surface area contributed by atoms with Crippen molar-refractivity contribution in [2.75, 3.05) is 24.5 Å². The number of aliphatic carboxylic acids is 1. The van der Waals surface area contributed by atoms with E-state index in [1.165, 1.54) is 11.8 Å². The summed E-state index contributed by atoms with van der Waals surface area (Å²) in [6.45, 7) is 5.14. The van der Waals surface area contributed by atoms with Crippen LogP contribution in [0.2, 0.25) is 0 Å². The Labute approximate surface area is 270 Å². The van der Waals surface area contributed by atoms with Crippen molar-refractivity contribution < 1.29 is 63.8 Å². The van der Waals surface area contributed by atoms with Crippen molar-refractivity contribution in [3.63, 3.8) is 0 Å². The zero-order valence-electron chi connectivity index (χ0n) is 25.5. The van der Waals surface area contributed by atoms with E-state index in [9.17, 15) is 49.5 Å². The molecule has 2 aromatic carbocycles. The summed E-state index contributed by atoms with van der Waals surface area (Å²) in [7, 11) is -4.41. The number of carbonyl (C=O) groups is 3. The lowest BCUT2D eigenvalue weighted by Gasteiger charge is -2.39. The Bertz CT molecular complexity index is 1720. The molecule has 0 aliphatic carbocycles. The number of piperazine rings is 1. The van der Waals surface area contributed by atoms with Gasteiger partial charge in [-0.25, -0.2) is 18.0 Å². The van der Waals surface area contributed by atoms with Gasteiger partial charge in [0.05, 0.1) is 16.2 Å². The molecule has 3 N–H and O–H groups in total. The van der Waals surface area contributed by atoms with E-state index in [-0.39, 0.29) is 43.6 Å². The Morgan fingerprint density at radius 3 is 2.00 bits per heavy atom. The number of carboxylic acids is 2. The van der Waals surface area contributed by atoms with Crippen molar-refractivity contribution in [3.8, 4) is 0 Å². The second kappa shape index (κ2) is 14.6. The summed E-state index contributed by atoms with van der Waals surface area (Å²) in [6.07, 6.45) is -9.73. The Balaban J connectivity index is 0.000000804. The lowest BCUT2D eigenvalue weighted by atomic mass is 10.0. The number of nitrogens with zero attached hydrogens (tertiary/aromatic N) is 3. The van der Waals surface area contributed by atoms with Gasteiger partial charge in [-0.3, -0.25) is 4.79 Å². The third-order valence-corrected chi connectivity index (χ3v) is 8.95. The van der Waals surface area contributed by atoms with Gasteiger partial charge in [0.1, 0.15) is 6.04 Å². The van der Waals surface area contributed by atoms with Gasteiger partial charge >= 0.3 is 24.3 Å². The number of aromatic carboxylic acids is 1. The average molecular weight is 709 g/mol. The summed E-state index contributed by atoms with van der Waals surface area (Å²) in [5, 5.41) is 19.2. The van der Waals surface area contributed by atoms with Gasteiger partial charge in [-0.1, -0.05) is 38.1 Å². The van der Waals surface area contributed by atoms with Gasteiger partial charge in [0.2, 0.25) is 21.7 Å². The number of carboxylic acid groups (broad SMARTS) is 2. The molecule has 12 nitrogen and oxygen atoms in total. The largest absolute Gasteiger partial charge is 0.490 e. The fourth-order valence-corrected chi connectivity index (χ4v) is 6.01. The maximum absolute atomic E-state index is 13.6. The predicted molar refractivity (Wildman–Crippen MR) is 156 cm³/mol. The number of aryl methyl sites for hydroxylation is 1. The first-order valence-electron chi connectivity index (χ1n) is 13.9. The van der Waals surface area contributed by atoms with E-state index in [1.807, 2.05) is 38.1 Å². The topological polar surface area (TPSA) is 170 Å². The van der Waals surface area contributed by atoms with Crippen LogP contribution >= 0.6 is 0 Å². The van der Waals surface area contributed by atoms with Crippen molar-refractivity contribution in [2.45, 2.75) is 56.5 Å². The van der Waals surface area contributed by atoms with Crippen LogP contribution in [0.15, 0.2) is 57.8 Å². The molecule has 2 heterocycles. The summed E-state index contributed by atoms with van der Waals surface area (Å²) in [4.78, 5) is 38.9. The van der Waals surface area contributed by atoms with Crippen LogP contribution in [-0.2, 0) is 32.3 Å². The third kappa shape index (κ3) is 9.24. The van der Waals surface area contributed by atoms with Crippen molar-refractivity contribution in [1.82, 2.24) is 14.6 Å². The standard InChI is InChI=1S/C27H29F3N4O6S.C2HF3O2/c1-16(2)19-6-4-18(5-7-19)14-31-24(35)22-15-33(26-32-17(3)23(40-26)25(36)37)12-13-34(22)41(38,39)21-10-8-20(9-11-21)27(28,29)30;3-2(4,5)1(6)7/h4-11,16,22H,12-15H2,1-3H3,(H,31,35)(H,36,37);(H,6,7)/t22-;/m1./s1. The minimum absolute atomic E-state index is 0.0146. The fraction of sp³-hybridized carbons (Fsp3) is 0.379. The summed E-state index contributed by atoms with van der Waals surface area (Å²) >= 11 is 0. The quantitative estimate of drug-likeness (QED) is 0.280. The minimum Gasteiger partial charge on any atom is -0.475 e. The van der Waals surface area contributed by atoms with Crippen LogP contribution in [0.3, 0.4) is 0 Å². The molecule has 4 rings (SSSR count). The predicted octanol–water partition coefficient (Wildman–Crippen LogP) is 4.65. The molecule has 1 aromatic heterocycles. The van der Waals surface area contributed by atoms with E-state index >= 15 is 0 Å². The first kappa shape index (κ1) is 37.8. The maximum atomic E-state index is 13.6. The molecule has 1 fully saturated rings. The number of anilines is 1. The number of oxazole rings is 1. The van der Waals surface area contributed by atoms with E-state index < -0.39 is 56.7 Å². The SMILES string of the molecule is Cc1nc(N2CCN(S(=O)(=O)c3ccc(C(F)(F)F)cc3)[C@@H](C(=O)NCc3ccc(C(C)C)cc3)C2)oc1C(=O)O.O=C(O)C(F)(F)F. The molecule has 1 saturated heterocycles. The van der Waals surface area contributed by atoms with Gasteiger partial charge < -0.3 is 24.8 Å². The third-order valence-electron chi connectivity index (χ3n) is 7.03. The number of nitrogens with one attached hydrogen (secondary N) is 1. The second-order valence-electron chi connectivity index (χ2n) is 10.7. The number of sulfonamides is 1. The fourth-order valence-electron chi connectivity index (χ4n) is 4.44. The van der Waals surface area contributed by atoms with E-state index in [2.05, 4.69) is 10.3 Å². The molecule has 262 valence electrons. The van der Waals surface area contributed by atoms with E-state index in [0.717, 1.165) is 27.6 Å². The molecule has 3 aromatic rings. The molecule has 0 unspecified atom stereocenters. The molecule has 1 amide bonds. The molecule has 19 heteroatoms. The Morgan fingerprint density at radius 1 is 0.979 bits per heavy atom. The normalized spacial score (nSPS) is 15.9. The number of benzene rings is 2. The van der Waals surface area contributed by atoms with Crippen LogP contribution in [0, 0.1) is 6.92 Å². The van der Waals surface area contributed by atoms with Gasteiger partial charge in [0.15, 0.2) is 0 Å². The Hall–Kier alpha value is -4.65. The van der Waals surface area contributed by atoms with Crippen LogP contribution in [0.4, 0.5) is 32.4 Å². The number of hydrogen-bond acceptors (Lipinski definition) is 8. The first-order valence-corrected chi connectivity index (χ1v) is 15.4. The van der Waals surface area contributed by atoms with Crippen molar-refractivity contribution in [2.24, 2.45) is 0 Å². The molecule has 0 saturated carbocycles. The van der Waals surface area contributed by atoms with E-state index in [0.29, 0.717) is 18.1 Å². The molecule has 0 radical (unpaired) electrons. The maximum Gasteiger partial charge on any atom is 0.490 e. The molecule has 1 aliphatic heterocycles. The van der Waals surface area contributed by atoms with Crippen molar-refractivity contribution in [3.05, 3.63) is 76.7 Å². The van der Waals surface area contributed by atoms with Crippen LogP contribution < -0.4 is 10.2 Å². The first-order chi connectivity index (χ1) is 22.1. The number of halogens is 6. The van der Waals surface area contributed by atoms with Crippen molar-refractivity contribution >= 4 is 33.9 Å². The zero-order valence-corrected chi connectivity index (χ0v) is 26.3. The van der Waals surface area contributed by atoms with Gasteiger partial charge in [-0.15, -0.1) is 0 Å². The molecule has 48 heavy (non-hydrogen) atoms. The molecule has 0 bridgehead atoms. The molecular weight excluding hydrogens is 678 g/mol. The average Bonchev–Trinajstić information content (AvgIpc) is 3.41. The van der Waals surface area contributed by atoms with E-state index in [4.69, 9.17) is 14.3 Å². The molecule has 1 atom stereocenters. The lowest BCUT2D eigenvalue weighted by Crippen LogP contribution is -2.60. The van der Waals surface area contributed by atoms with Crippen LogP contribution in [0.5, 0.6) is 0 Å². The van der Waals surface area contributed by atoms with Crippen molar-refractivity contribution in [1.29, 1.82) is 0 Å². The smallest absolute Gasteiger partial charge is 0.475 e. The molecular formula is C29H30F6N4O8S. The van der Waals surface area contributed by atoms with Gasteiger partial charge in [0.25, 0.3) is 6.01 Å². The van der Waals surface area contributed by atoms with Crippen LogP contribution in [0.1, 0.15) is 52.7 Å². The number of rotatable bonds is 8. The molecule has 0 spiro atoms. The summed E-state index contributed by atoms with van der Waals surface area (Å²) < 4.78 is 104. The monoisotopic (exact) mass is 708 g/mol. The number of carbonyl (C=O) groups excluding carboxylic acids is 1. The van der Waals surface area contributed by atoms with Gasteiger partial charge in [0, 0.05) is 26.2 Å². The molecule has 1 aliphatic rings. The van der Waals surface area contributed by atoms with Gasteiger partial charge in [-0.05, 0) is 48.2 Å². The lowest BCUT2D eigenvalue weighted by molar-refractivity contribution is -0.192. The summed E-state index contributed by atoms with van der Waals surface area (Å²) in [6, 6.07) is 9.19. The van der Waals surface area contributed by atoms with E-state index in [1.54, 1.807) is 0 Å². The highest BCUT2D eigenvalue weighted by atomic mass is 32.2. The Kier molecular flexibility index (Phi) is 11.5. The Morgan fingerprint density at radius 2 is 1.54 bits per heavy atom. The van der Waals surface area contributed by atoms with Gasteiger partial charge in [-0.2, -0.15) is 35.6 Å². The summed E-state index contributed by atoms with van der Waals surface area (Å²) in [5.41, 5.74) is 0.992. The number of alkyl halides is 6. The summed E-state index contributed by atoms with van der Waals surface area (Å²) in [5.74, 6) is -4.81. The highest BCUT2D eigenvalue weighted by Gasteiger charge is 2.42. The zero-order chi connectivity index (χ0) is 36.2. The number of amides is 1. The highest BCUT2D eigenvalue weighted by Crippen LogP contribution is 2.31. The number of aromatic nitrogens is 1. The second-order valence-corrected chi connectivity index (χ2v) is 12.6. The van der Waals surface area contributed by atoms with Crippen LogP contribution in [-0.4, -0.2) is 77.6 Å².